The predicted molar refractivity (Wildman–Crippen MR) is 142 cm³/mol. The normalized spacial score (nSPS) is 12.4. The first-order valence-electron chi connectivity index (χ1n) is 11.9. The van der Waals surface area contributed by atoms with Crippen LogP contribution in [0, 0.1) is 0 Å². The van der Waals surface area contributed by atoms with Crippen LogP contribution in [-0.2, 0) is 9.47 Å². The van der Waals surface area contributed by atoms with Crippen molar-refractivity contribution in [3.8, 4) is 5.75 Å². The van der Waals surface area contributed by atoms with Gasteiger partial charge in [0.2, 0.25) is 0 Å². The number of carbonyl (C=O) groups is 2. The van der Waals surface area contributed by atoms with E-state index >= 15 is 0 Å². The largest absolute Gasteiger partial charge is 0.473 e. The molecule has 0 spiro atoms. The highest BCUT2D eigenvalue weighted by atomic mass is 16.5. The lowest BCUT2D eigenvalue weighted by atomic mass is 9.88. The number of aliphatic hydroxyl groups excluding tert-OH is 1. The molecule has 0 bridgehead atoms. The van der Waals surface area contributed by atoms with E-state index in [1.54, 1.807) is 6.92 Å². The van der Waals surface area contributed by atoms with Gasteiger partial charge in [0.05, 0.1) is 14.2 Å². The number of benzene rings is 3. The van der Waals surface area contributed by atoms with Crippen molar-refractivity contribution in [1.82, 2.24) is 5.32 Å². The van der Waals surface area contributed by atoms with Gasteiger partial charge in [-0.3, -0.25) is 16.0 Å². The monoisotopic (exact) mass is 507 g/mol. The van der Waals surface area contributed by atoms with Gasteiger partial charge in [-0.25, -0.2) is 9.59 Å². The Kier molecular flexibility index (Phi) is 10.3. The van der Waals surface area contributed by atoms with Crippen molar-refractivity contribution in [3.63, 3.8) is 0 Å². The highest BCUT2D eigenvalue weighted by molar-refractivity contribution is 5.85. The summed E-state index contributed by atoms with van der Waals surface area (Å²) in [6, 6.07) is 24.4. The molecular weight excluding hydrogens is 474 g/mol. The number of amides is 2. The van der Waals surface area contributed by atoms with Gasteiger partial charge >= 0.3 is 12.2 Å². The second kappa shape index (κ2) is 13.9. The molecule has 3 aromatic rings. The maximum atomic E-state index is 11.5. The van der Waals surface area contributed by atoms with E-state index in [4.69, 9.17) is 4.74 Å². The van der Waals surface area contributed by atoms with Crippen molar-refractivity contribution in [2.45, 2.75) is 31.6 Å². The molecule has 0 fully saturated rings. The fourth-order valence-electron chi connectivity index (χ4n) is 3.79. The van der Waals surface area contributed by atoms with Crippen LogP contribution in [-0.4, -0.2) is 50.4 Å². The van der Waals surface area contributed by atoms with Crippen LogP contribution < -0.4 is 20.7 Å². The number of anilines is 2. The van der Waals surface area contributed by atoms with Crippen LogP contribution in [0.15, 0.2) is 78.9 Å². The molecule has 4 N–H and O–H groups in total. The van der Waals surface area contributed by atoms with Gasteiger partial charge in [-0.15, -0.1) is 0 Å². The van der Waals surface area contributed by atoms with Crippen molar-refractivity contribution >= 4 is 23.6 Å². The van der Waals surface area contributed by atoms with Gasteiger partial charge in [-0.05, 0) is 67.4 Å². The van der Waals surface area contributed by atoms with Crippen LogP contribution in [0.2, 0.25) is 0 Å². The lowest BCUT2D eigenvalue weighted by Gasteiger charge is -2.25. The Hall–Kier alpha value is -4.08. The van der Waals surface area contributed by atoms with E-state index < -0.39 is 24.5 Å². The van der Waals surface area contributed by atoms with Crippen LogP contribution in [0.3, 0.4) is 0 Å². The number of methoxy groups -OCH3 is 2. The van der Waals surface area contributed by atoms with E-state index in [0.29, 0.717) is 30.1 Å². The Balaban J connectivity index is 1.76. The molecule has 0 saturated heterocycles. The van der Waals surface area contributed by atoms with Gasteiger partial charge in [0, 0.05) is 17.3 Å². The van der Waals surface area contributed by atoms with Gasteiger partial charge in [0.15, 0.2) is 6.23 Å². The molecule has 2 atom stereocenters. The predicted octanol–water partition coefficient (Wildman–Crippen LogP) is 4.94. The second-order valence-corrected chi connectivity index (χ2v) is 8.36. The van der Waals surface area contributed by atoms with Crippen LogP contribution in [0.1, 0.15) is 30.4 Å². The van der Waals surface area contributed by atoms with E-state index in [1.807, 2.05) is 78.9 Å². The maximum Gasteiger partial charge on any atom is 0.411 e. The smallest absolute Gasteiger partial charge is 0.411 e. The van der Waals surface area contributed by atoms with Crippen molar-refractivity contribution in [2.75, 3.05) is 31.4 Å². The number of nitrogens with one attached hydrogen (secondary N) is 3. The molecule has 9 nitrogen and oxygen atoms in total. The third-order valence-corrected chi connectivity index (χ3v) is 5.71. The Morgan fingerprint density at radius 3 is 1.70 bits per heavy atom. The fraction of sp³-hybridized carbons (Fsp3) is 0.286. The molecule has 0 saturated carbocycles. The number of rotatable bonds is 11. The number of aliphatic hydroxyl groups is 1. The van der Waals surface area contributed by atoms with Gasteiger partial charge in [-0.1, -0.05) is 42.5 Å². The molecular formula is C28H33N3O6. The van der Waals surface area contributed by atoms with E-state index in [1.165, 1.54) is 14.2 Å². The minimum absolute atomic E-state index is 0.0155. The Morgan fingerprint density at radius 2 is 1.27 bits per heavy atom. The highest BCUT2D eigenvalue weighted by Crippen LogP contribution is 2.30. The van der Waals surface area contributed by atoms with E-state index in [-0.39, 0.29) is 5.92 Å². The summed E-state index contributed by atoms with van der Waals surface area (Å²) in [5.41, 5.74) is 3.30. The van der Waals surface area contributed by atoms with Crippen molar-refractivity contribution < 1.29 is 28.9 Å². The van der Waals surface area contributed by atoms with Gasteiger partial charge in [-0.2, -0.15) is 0 Å². The topological polar surface area (TPSA) is 118 Å². The number of ether oxygens (including phenoxy) is 3. The molecule has 2 unspecified atom stereocenters. The molecule has 3 rings (SSSR count). The van der Waals surface area contributed by atoms with E-state index in [9.17, 15) is 14.7 Å². The molecule has 0 aromatic heterocycles. The zero-order valence-electron chi connectivity index (χ0n) is 21.1. The first-order chi connectivity index (χ1) is 17.9. The summed E-state index contributed by atoms with van der Waals surface area (Å²) in [5, 5.41) is 18.9. The third-order valence-electron chi connectivity index (χ3n) is 5.71. The summed E-state index contributed by atoms with van der Waals surface area (Å²) in [4.78, 5) is 23.1. The first-order valence-corrected chi connectivity index (χ1v) is 11.9. The number of hydrogen-bond acceptors (Lipinski definition) is 7. The van der Waals surface area contributed by atoms with Gasteiger partial charge < -0.3 is 19.3 Å². The summed E-state index contributed by atoms with van der Waals surface area (Å²) in [6.07, 6.45) is -1.70. The van der Waals surface area contributed by atoms with Crippen LogP contribution in [0.25, 0.3) is 0 Å². The summed E-state index contributed by atoms with van der Waals surface area (Å²) in [5.74, 6) is 0.651. The number of carbonyl (C=O) groups excluding carboxylic acids is 2. The highest BCUT2D eigenvalue weighted by Gasteiger charge is 2.19. The number of para-hydroxylation sites is 1. The molecule has 9 heteroatoms. The molecule has 0 heterocycles. The van der Waals surface area contributed by atoms with Crippen molar-refractivity contribution in [2.24, 2.45) is 0 Å². The molecule has 37 heavy (non-hydrogen) atoms. The maximum absolute atomic E-state index is 11.5. The summed E-state index contributed by atoms with van der Waals surface area (Å²) in [6.45, 7) is 2.23. The zero-order chi connectivity index (χ0) is 26.6. The third kappa shape index (κ3) is 8.52. The summed E-state index contributed by atoms with van der Waals surface area (Å²) >= 11 is 0. The van der Waals surface area contributed by atoms with Crippen molar-refractivity contribution in [1.29, 1.82) is 0 Å². The van der Waals surface area contributed by atoms with Crippen LogP contribution in [0.4, 0.5) is 21.0 Å². The lowest BCUT2D eigenvalue weighted by Crippen LogP contribution is -2.43. The van der Waals surface area contributed by atoms with Gasteiger partial charge in [0.25, 0.3) is 0 Å². The molecule has 196 valence electrons. The second-order valence-electron chi connectivity index (χ2n) is 8.36. The van der Waals surface area contributed by atoms with Crippen LogP contribution in [0.5, 0.6) is 5.75 Å². The quantitative estimate of drug-likeness (QED) is 0.272. The molecule has 2 amide bonds. The Morgan fingerprint density at radius 1 is 0.784 bits per heavy atom. The van der Waals surface area contributed by atoms with E-state index in [2.05, 4.69) is 25.4 Å². The SMILES string of the molecule is COC(=O)Nc1ccc(C(CCNC(Oc2ccccc2)C(C)O)c2ccc(NC(=O)OC)cc2)cc1. The Bertz CT molecular complexity index is 1060. The summed E-state index contributed by atoms with van der Waals surface area (Å²) in [7, 11) is 2.63. The standard InChI is InChI=1S/C28H33N3O6/c1-19(32)26(37-24-7-5-4-6-8-24)29-18-17-25(20-9-13-22(14-10-20)30-27(33)35-2)21-11-15-23(16-12-21)31-28(34)36-3/h4-16,19,25-26,29,32H,17-18H2,1-3H3,(H,30,33)(H,31,34). The van der Waals surface area contributed by atoms with Crippen molar-refractivity contribution in [3.05, 3.63) is 90.0 Å². The Labute approximate surface area is 216 Å². The number of hydrogen-bond donors (Lipinski definition) is 4. The molecule has 3 aromatic carbocycles. The molecule has 0 aliphatic heterocycles. The molecule has 0 aliphatic rings. The molecule has 0 aliphatic carbocycles. The van der Waals surface area contributed by atoms with Crippen LogP contribution >= 0.6 is 0 Å². The lowest BCUT2D eigenvalue weighted by molar-refractivity contribution is 0.0268. The molecule has 0 radical (unpaired) electrons. The van der Waals surface area contributed by atoms with Gasteiger partial charge in [0.1, 0.15) is 11.9 Å². The average Bonchev–Trinajstić information content (AvgIpc) is 2.92. The zero-order valence-corrected chi connectivity index (χ0v) is 21.1. The average molecular weight is 508 g/mol. The summed E-state index contributed by atoms with van der Waals surface area (Å²) < 4.78 is 15.2. The minimum atomic E-state index is -0.731. The minimum Gasteiger partial charge on any atom is -0.473 e. The fourth-order valence-corrected chi connectivity index (χ4v) is 3.79. The first kappa shape index (κ1) is 27.5. The van der Waals surface area contributed by atoms with E-state index in [0.717, 1.165) is 11.1 Å².